The van der Waals surface area contributed by atoms with Gasteiger partial charge in [-0.15, -0.1) is 0 Å². The van der Waals surface area contributed by atoms with Crippen LogP contribution in [0.4, 0.5) is 0 Å². The molecular formula is C10H9N3O. The van der Waals surface area contributed by atoms with Crippen LogP contribution >= 0.6 is 0 Å². The number of rotatable bonds is 2. The van der Waals surface area contributed by atoms with E-state index < -0.39 is 0 Å². The molecule has 0 aliphatic heterocycles. The zero-order valence-corrected chi connectivity index (χ0v) is 7.42. The number of hydrazone groups is 1. The monoisotopic (exact) mass is 187 g/mol. The summed E-state index contributed by atoms with van der Waals surface area (Å²) in [5.41, 5.74) is 1.89. The number of aromatic nitrogens is 1. The number of benzene rings is 1. The van der Waals surface area contributed by atoms with Gasteiger partial charge in [-0.05, 0) is 11.6 Å². The quantitative estimate of drug-likeness (QED) is 0.441. The third-order valence-electron chi connectivity index (χ3n) is 1.83. The summed E-state index contributed by atoms with van der Waals surface area (Å²) in [5.74, 6) is 5.80. The van der Waals surface area contributed by atoms with E-state index in [1.807, 2.05) is 24.3 Å². The van der Waals surface area contributed by atoms with Crippen LogP contribution in [0.25, 0.3) is 11.3 Å². The fraction of sp³-hybridized carbons (Fsp3) is 0. The van der Waals surface area contributed by atoms with E-state index in [-0.39, 0.29) is 0 Å². The van der Waals surface area contributed by atoms with Crippen molar-refractivity contribution in [1.29, 1.82) is 0 Å². The Bertz CT molecular complexity index is 434. The molecule has 2 N–H and O–H groups in total. The molecule has 1 aromatic carbocycles. The first-order valence-corrected chi connectivity index (χ1v) is 4.12. The molecular weight excluding hydrogens is 178 g/mol. The number of hydrogen-bond acceptors (Lipinski definition) is 4. The van der Waals surface area contributed by atoms with Gasteiger partial charge in [0.2, 0.25) is 0 Å². The first-order valence-electron chi connectivity index (χ1n) is 4.12. The molecule has 0 fully saturated rings. The summed E-state index contributed by atoms with van der Waals surface area (Å²) in [5, 5.41) is 3.46. The molecule has 0 radical (unpaired) electrons. The van der Waals surface area contributed by atoms with Crippen molar-refractivity contribution < 1.29 is 4.42 Å². The first-order chi connectivity index (χ1) is 6.90. The van der Waals surface area contributed by atoms with Crippen LogP contribution in [0.2, 0.25) is 0 Å². The van der Waals surface area contributed by atoms with E-state index in [1.54, 1.807) is 12.4 Å². The fourth-order valence-corrected chi connectivity index (χ4v) is 1.22. The molecule has 1 aromatic heterocycles. The van der Waals surface area contributed by atoms with Gasteiger partial charge >= 0.3 is 0 Å². The van der Waals surface area contributed by atoms with Crippen molar-refractivity contribution in [2.75, 3.05) is 0 Å². The maximum atomic E-state index is 5.17. The summed E-state index contributed by atoms with van der Waals surface area (Å²) in [4.78, 5) is 3.85. The number of nitrogens with zero attached hydrogens (tertiary/aromatic N) is 2. The highest BCUT2D eigenvalue weighted by Crippen LogP contribution is 2.18. The van der Waals surface area contributed by atoms with E-state index in [0.29, 0.717) is 0 Å². The minimum Gasteiger partial charge on any atom is -0.444 e. The highest BCUT2D eigenvalue weighted by molar-refractivity contribution is 5.81. The standard InChI is InChI=1S/C10H9N3O/c11-13-5-8-2-1-3-9(4-8)10-6-12-7-14-10/h1-7H,11H2. The molecule has 2 aromatic rings. The minimum atomic E-state index is 0.734. The lowest BCUT2D eigenvalue weighted by Gasteiger charge is -1.96. The Morgan fingerprint density at radius 1 is 1.43 bits per heavy atom. The molecule has 0 aliphatic rings. The Morgan fingerprint density at radius 3 is 3.07 bits per heavy atom. The molecule has 0 spiro atoms. The molecule has 0 bridgehead atoms. The zero-order chi connectivity index (χ0) is 9.80. The summed E-state index contributed by atoms with van der Waals surface area (Å²) in [6.07, 6.45) is 4.65. The molecule has 0 unspecified atom stereocenters. The predicted octanol–water partition coefficient (Wildman–Crippen LogP) is 1.63. The Balaban J connectivity index is 2.40. The Labute approximate surface area is 81.1 Å². The van der Waals surface area contributed by atoms with Crippen LogP contribution in [0.3, 0.4) is 0 Å². The second-order valence-electron chi connectivity index (χ2n) is 2.77. The van der Waals surface area contributed by atoms with E-state index in [2.05, 4.69) is 10.1 Å². The lowest BCUT2D eigenvalue weighted by Crippen LogP contribution is -1.86. The van der Waals surface area contributed by atoms with Crippen LogP contribution in [0.15, 0.2) is 46.4 Å². The smallest absolute Gasteiger partial charge is 0.181 e. The first kappa shape index (κ1) is 8.50. The summed E-state index contributed by atoms with van der Waals surface area (Å²) < 4.78 is 5.17. The van der Waals surface area contributed by atoms with Gasteiger partial charge in [-0.3, -0.25) is 0 Å². The molecule has 4 nitrogen and oxygen atoms in total. The second-order valence-corrected chi connectivity index (χ2v) is 2.77. The topological polar surface area (TPSA) is 64.4 Å². The van der Waals surface area contributed by atoms with Crippen molar-refractivity contribution in [3.63, 3.8) is 0 Å². The molecule has 0 amide bonds. The van der Waals surface area contributed by atoms with Crippen molar-refractivity contribution in [3.8, 4) is 11.3 Å². The maximum Gasteiger partial charge on any atom is 0.181 e. The lowest BCUT2D eigenvalue weighted by atomic mass is 10.1. The molecule has 0 aliphatic carbocycles. The average molecular weight is 187 g/mol. The molecule has 0 atom stereocenters. The van der Waals surface area contributed by atoms with E-state index >= 15 is 0 Å². The van der Waals surface area contributed by atoms with Crippen LogP contribution < -0.4 is 5.84 Å². The van der Waals surface area contributed by atoms with E-state index in [0.717, 1.165) is 16.9 Å². The maximum absolute atomic E-state index is 5.17. The molecule has 1 heterocycles. The van der Waals surface area contributed by atoms with Crippen LogP contribution in [-0.4, -0.2) is 11.2 Å². The second kappa shape index (κ2) is 3.74. The van der Waals surface area contributed by atoms with Gasteiger partial charge in [0.25, 0.3) is 0 Å². The van der Waals surface area contributed by atoms with E-state index in [1.165, 1.54) is 6.39 Å². The Kier molecular flexibility index (Phi) is 2.27. The molecule has 2 rings (SSSR count). The summed E-state index contributed by atoms with van der Waals surface area (Å²) >= 11 is 0. The fourth-order valence-electron chi connectivity index (χ4n) is 1.22. The van der Waals surface area contributed by atoms with Gasteiger partial charge in [0, 0.05) is 5.56 Å². The van der Waals surface area contributed by atoms with Gasteiger partial charge in [0.05, 0.1) is 12.4 Å². The van der Waals surface area contributed by atoms with Crippen LogP contribution in [0.1, 0.15) is 5.56 Å². The van der Waals surface area contributed by atoms with Gasteiger partial charge in [0.1, 0.15) is 0 Å². The molecule has 70 valence electrons. The van der Waals surface area contributed by atoms with Gasteiger partial charge < -0.3 is 10.3 Å². The summed E-state index contributed by atoms with van der Waals surface area (Å²) in [6.45, 7) is 0. The molecule has 0 saturated heterocycles. The van der Waals surface area contributed by atoms with Crippen LogP contribution in [-0.2, 0) is 0 Å². The van der Waals surface area contributed by atoms with Crippen molar-refractivity contribution >= 4 is 6.21 Å². The third-order valence-corrected chi connectivity index (χ3v) is 1.83. The Hall–Kier alpha value is -2.10. The highest BCUT2D eigenvalue weighted by atomic mass is 16.3. The van der Waals surface area contributed by atoms with Crippen LogP contribution in [0, 0.1) is 0 Å². The summed E-state index contributed by atoms with van der Waals surface area (Å²) in [7, 11) is 0. The predicted molar refractivity (Wildman–Crippen MR) is 53.7 cm³/mol. The number of oxazole rings is 1. The highest BCUT2D eigenvalue weighted by Gasteiger charge is 2.00. The van der Waals surface area contributed by atoms with Gasteiger partial charge in [-0.1, -0.05) is 18.2 Å². The van der Waals surface area contributed by atoms with Crippen LogP contribution in [0.5, 0.6) is 0 Å². The molecule has 4 heteroatoms. The van der Waals surface area contributed by atoms with Gasteiger partial charge in [-0.25, -0.2) is 4.98 Å². The third kappa shape index (κ3) is 1.64. The number of hydrogen-bond donors (Lipinski definition) is 1. The van der Waals surface area contributed by atoms with Crippen molar-refractivity contribution in [3.05, 3.63) is 42.4 Å². The average Bonchev–Trinajstić information content (AvgIpc) is 2.71. The van der Waals surface area contributed by atoms with Crippen molar-refractivity contribution in [1.82, 2.24) is 4.98 Å². The summed E-state index contributed by atoms with van der Waals surface area (Å²) in [6, 6.07) is 7.69. The SMILES string of the molecule is NN=Cc1cccc(-c2cnco2)c1. The normalized spacial score (nSPS) is 10.9. The Morgan fingerprint density at radius 2 is 2.36 bits per heavy atom. The molecule has 14 heavy (non-hydrogen) atoms. The van der Waals surface area contributed by atoms with Gasteiger partial charge in [-0.2, -0.15) is 5.10 Å². The zero-order valence-electron chi connectivity index (χ0n) is 7.42. The minimum absolute atomic E-state index is 0.734. The number of nitrogens with two attached hydrogens (primary N) is 1. The van der Waals surface area contributed by atoms with Gasteiger partial charge in [0.15, 0.2) is 12.2 Å². The lowest BCUT2D eigenvalue weighted by molar-refractivity contribution is 0.572. The van der Waals surface area contributed by atoms with Crippen molar-refractivity contribution in [2.24, 2.45) is 10.9 Å². The van der Waals surface area contributed by atoms with Crippen molar-refractivity contribution in [2.45, 2.75) is 0 Å². The van der Waals surface area contributed by atoms with E-state index in [9.17, 15) is 0 Å². The molecule has 0 saturated carbocycles. The van der Waals surface area contributed by atoms with E-state index in [4.69, 9.17) is 10.3 Å². The largest absolute Gasteiger partial charge is 0.444 e.